The maximum atomic E-state index is 12.3. The summed E-state index contributed by atoms with van der Waals surface area (Å²) in [5, 5.41) is 16.2. The Morgan fingerprint density at radius 1 is 1.32 bits per heavy atom. The van der Waals surface area contributed by atoms with E-state index in [0.29, 0.717) is 0 Å². The average molecular weight is 358 g/mol. The number of nitriles is 1. The zero-order valence-electron chi connectivity index (χ0n) is 12.6. The van der Waals surface area contributed by atoms with Gasteiger partial charge in [0, 0.05) is 21.0 Å². The highest BCUT2D eigenvalue weighted by Gasteiger charge is 2.25. The van der Waals surface area contributed by atoms with Crippen molar-refractivity contribution in [2.24, 2.45) is 5.41 Å². The molecule has 1 N–H and O–H groups in total. The fraction of sp³-hybridized carbons (Fsp3) is 0.235. The van der Waals surface area contributed by atoms with Crippen molar-refractivity contribution in [1.29, 1.82) is 5.26 Å². The van der Waals surface area contributed by atoms with Gasteiger partial charge in [-0.05, 0) is 18.2 Å². The molecular weight excluding hydrogens is 342 g/mol. The lowest BCUT2D eigenvalue weighted by molar-refractivity contribution is -0.121. The lowest BCUT2D eigenvalue weighted by Gasteiger charge is -2.15. The topological polar surface area (TPSA) is 69.5 Å². The van der Waals surface area contributed by atoms with E-state index in [4.69, 9.17) is 0 Å². The molecule has 0 radical (unpaired) electrons. The van der Waals surface area contributed by atoms with Gasteiger partial charge in [0.25, 0.3) is 0 Å². The van der Waals surface area contributed by atoms with Crippen molar-refractivity contribution in [3.05, 3.63) is 46.1 Å². The SMILES string of the molecule is CC(C)(C)C(=O)C(C#N)=Cc1cn[nH]c1-c1ccc(Br)cc1. The lowest BCUT2D eigenvalue weighted by Crippen LogP contribution is -2.21. The first-order chi connectivity index (χ1) is 10.3. The summed E-state index contributed by atoms with van der Waals surface area (Å²) in [5.41, 5.74) is 1.97. The molecule has 0 atom stereocenters. The average Bonchev–Trinajstić information content (AvgIpc) is 2.92. The first kappa shape index (κ1) is 16.2. The molecular formula is C17H16BrN3O. The van der Waals surface area contributed by atoms with E-state index in [9.17, 15) is 10.1 Å². The first-order valence-corrected chi connectivity index (χ1v) is 7.58. The highest BCUT2D eigenvalue weighted by Crippen LogP contribution is 2.26. The fourth-order valence-electron chi connectivity index (χ4n) is 1.96. The minimum atomic E-state index is -0.594. The normalized spacial score (nSPS) is 12.0. The monoisotopic (exact) mass is 357 g/mol. The number of carbonyl (C=O) groups excluding carboxylic acids is 1. The van der Waals surface area contributed by atoms with Gasteiger partial charge in [-0.1, -0.05) is 48.8 Å². The molecule has 1 aromatic heterocycles. The molecule has 22 heavy (non-hydrogen) atoms. The zero-order valence-corrected chi connectivity index (χ0v) is 14.2. The van der Waals surface area contributed by atoms with E-state index >= 15 is 0 Å². The second kappa shape index (κ2) is 6.29. The third kappa shape index (κ3) is 3.52. The molecule has 0 saturated heterocycles. The summed E-state index contributed by atoms with van der Waals surface area (Å²) in [6, 6.07) is 9.72. The zero-order chi connectivity index (χ0) is 16.3. The van der Waals surface area contributed by atoms with Gasteiger partial charge in [0.2, 0.25) is 0 Å². The second-order valence-electron chi connectivity index (χ2n) is 5.96. The summed E-state index contributed by atoms with van der Waals surface area (Å²) in [4.78, 5) is 12.3. The number of hydrogen-bond acceptors (Lipinski definition) is 3. The van der Waals surface area contributed by atoms with Crippen molar-refractivity contribution >= 4 is 27.8 Å². The Kier molecular flexibility index (Phi) is 4.62. The molecule has 1 aromatic carbocycles. The minimum Gasteiger partial charge on any atom is -0.293 e. The molecule has 112 valence electrons. The van der Waals surface area contributed by atoms with Crippen molar-refractivity contribution in [1.82, 2.24) is 10.2 Å². The van der Waals surface area contributed by atoms with Gasteiger partial charge in [-0.3, -0.25) is 9.89 Å². The van der Waals surface area contributed by atoms with Crippen LogP contribution in [-0.2, 0) is 4.79 Å². The molecule has 0 amide bonds. The minimum absolute atomic E-state index is 0.132. The Hall–Kier alpha value is -2.19. The predicted octanol–water partition coefficient (Wildman–Crippen LogP) is 4.36. The van der Waals surface area contributed by atoms with Crippen molar-refractivity contribution in [2.75, 3.05) is 0 Å². The molecule has 4 nitrogen and oxygen atoms in total. The van der Waals surface area contributed by atoms with Crippen molar-refractivity contribution in [2.45, 2.75) is 20.8 Å². The number of carbonyl (C=O) groups is 1. The van der Waals surface area contributed by atoms with Crippen LogP contribution in [0.2, 0.25) is 0 Å². The van der Waals surface area contributed by atoms with Crippen LogP contribution in [-0.4, -0.2) is 16.0 Å². The van der Waals surface area contributed by atoms with Crippen LogP contribution in [0, 0.1) is 16.7 Å². The molecule has 2 rings (SSSR count). The molecule has 0 bridgehead atoms. The molecule has 2 aromatic rings. The van der Waals surface area contributed by atoms with Crippen LogP contribution in [0.5, 0.6) is 0 Å². The lowest BCUT2D eigenvalue weighted by atomic mass is 9.86. The highest BCUT2D eigenvalue weighted by molar-refractivity contribution is 9.10. The number of benzene rings is 1. The molecule has 0 aliphatic rings. The molecule has 0 aliphatic heterocycles. The summed E-state index contributed by atoms with van der Waals surface area (Å²) >= 11 is 3.39. The largest absolute Gasteiger partial charge is 0.293 e. The van der Waals surface area contributed by atoms with Gasteiger partial charge in [0.05, 0.1) is 17.5 Å². The van der Waals surface area contributed by atoms with Gasteiger partial charge in [0.1, 0.15) is 6.07 Å². The first-order valence-electron chi connectivity index (χ1n) is 6.79. The summed E-state index contributed by atoms with van der Waals surface area (Å²) < 4.78 is 0.980. The maximum absolute atomic E-state index is 12.3. The molecule has 0 unspecified atom stereocenters. The number of aromatic nitrogens is 2. The van der Waals surface area contributed by atoms with E-state index < -0.39 is 5.41 Å². The Labute approximate surface area is 138 Å². The van der Waals surface area contributed by atoms with Crippen molar-refractivity contribution in [3.63, 3.8) is 0 Å². The van der Waals surface area contributed by atoms with Crippen LogP contribution >= 0.6 is 15.9 Å². The van der Waals surface area contributed by atoms with Gasteiger partial charge in [-0.25, -0.2) is 0 Å². The summed E-state index contributed by atoms with van der Waals surface area (Å²) in [5.74, 6) is -0.182. The van der Waals surface area contributed by atoms with E-state index in [1.54, 1.807) is 33.0 Å². The molecule has 1 heterocycles. The standard InChI is InChI=1S/C17H16BrN3O/c1-17(2,3)16(22)12(9-19)8-13-10-20-21-15(13)11-4-6-14(18)7-5-11/h4-8,10H,1-3H3,(H,20,21). The van der Waals surface area contributed by atoms with E-state index in [0.717, 1.165) is 21.3 Å². The number of H-pyrrole nitrogens is 1. The van der Waals surface area contributed by atoms with Gasteiger partial charge >= 0.3 is 0 Å². The number of ketones is 1. The summed E-state index contributed by atoms with van der Waals surface area (Å²) in [7, 11) is 0. The van der Waals surface area contributed by atoms with Crippen LogP contribution in [0.1, 0.15) is 26.3 Å². The predicted molar refractivity (Wildman–Crippen MR) is 89.8 cm³/mol. The number of aromatic amines is 1. The number of rotatable bonds is 3. The molecule has 0 spiro atoms. The van der Waals surface area contributed by atoms with Crippen LogP contribution in [0.3, 0.4) is 0 Å². The van der Waals surface area contributed by atoms with E-state index in [1.807, 2.05) is 30.3 Å². The Morgan fingerprint density at radius 2 is 1.95 bits per heavy atom. The number of allylic oxidation sites excluding steroid dienone is 1. The fourth-order valence-corrected chi connectivity index (χ4v) is 2.23. The van der Waals surface area contributed by atoms with Gasteiger partial charge < -0.3 is 0 Å². The van der Waals surface area contributed by atoms with Crippen LogP contribution < -0.4 is 0 Å². The Balaban J connectivity index is 2.45. The summed E-state index contributed by atoms with van der Waals surface area (Å²) in [6.07, 6.45) is 3.21. The van der Waals surface area contributed by atoms with E-state index in [2.05, 4.69) is 26.1 Å². The molecule has 5 heteroatoms. The van der Waals surface area contributed by atoms with E-state index in [1.165, 1.54) is 0 Å². The third-order valence-corrected chi connectivity index (χ3v) is 3.68. The number of nitrogens with one attached hydrogen (secondary N) is 1. The van der Waals surface area contributed by atoms with Crippen LogP contribution in [0.15, 0.2) is 40.5 Å². The van der Waals surface area contributed by atoms with Crippen LogP contribution in [0.4, 0.5) is 0 Å². The van der Waals surface area contributed by atoms with Crippen molar-refractivity contribution in [3.8, 4) is 17.3 Å². The third-order valence-electron chi connectivity index (χ3n) is 3.15. The Morgan fingerprint density at radius 3 is 2.50 bits per heavy atom. The van der Waals surface area contributed by atoms with E-state index in [-0.39, 0.29) is 11.4 Å². The second-order valence-corrected chi connectivity index (χ2v) is 6.87. The molecule has 0 saturated carbocycles. The molecule has 0 fully saturated rings. The highest BCUT2D eigenvalue weighted by atomic mass is 79.9. The summed E-state index contributed by atoms with van der Waals surface area (Å²) in [6.45, 7) is 5.39. The van der Waals surface area contributed by atoms with Crippen LogP contribution in [0.25, 0.3) is 17.3 Å². The molecule has 0 aliphatic carbocycles. The smallest absolute Gasteiger partial charge is 0.178 e. The number of halogens is 1. The maximum Gasteiger partial charge on any atom is 0.178 e. The quantitative estimate of drug-likeness (QED) is 0.655. The Bertz CT molecular complexity index is 758. The van der Waals surface area contributed by atoms with Crippen molar-refractivity contribution < 1.29 is 4.79 Å². The van der Waals surface area contributed by atoms with Gasteiger partial charge in [-0.2, -0.15) is 10.4 Å². The number of nitrogens with zero attached hydrogens (tertiary/aromatic N) is 2. The number of Topliss-reactive ketones (excluding diaryl/α,β-unsaturated/α-hetero) is 1. The number of hydrogen-bond donors (Lipinski definition) is 1. The van der Waals surface area contributed by atoms with Gasteiger partial charge in [-0.15, -0.1) is 0 Å². The van der Waals surface area contributed by atoms with Gasteiger partial charge in [0.15, 0.2) is 5.78 Å².